The normalized spacial score (nSPS) is 12.5. The quantitative estimate of drug-likeness (QED) is 0.891. The highest BCUT2D eigenvalue weighted by Crippen LogP contribution is 2.25. The predicted octanol–water partition coefficient (Wildman–Crippen LogP) is 4.31. The molecule has 19 heavy (non-hydrogen) atoms. The molecule has 1 unspecified atom stereocenters. The summed E-state index contributed by atoms with van der Waals surface area (Å²) in [5.74, 6) is -1.01. The SMILES string of the molecule is Cc1ccc(C(O)Cc2cc(F)ccc2F)cc1Br. The molecular weight excluding hydrogens is 314 g/mol. The summed E-state index contributed by atoms with van der Waals surface area (Å²) in [5, 5.41) is 10.1. The molecule has 0 radical (unpaired) electrons. The van der Waals surface area contributed by atoms with Crippen LogP contribution in [-0.4, -0.2) is 5.11 Å². The van der Waals surface area contributed by atoms with E-state index in [-0.39, 0.29) is 12.0 Å². The summed E-state index contributed by atoms with van der Waals surface area (Å²) in [6.45, 7) is 1.94. The van der Waals surface area contributed by atoms with Crippen LogP contribution in [0.5, 0.6) is 0 Å². The van der Waals surface area contributed by atoms with Crippen LogP contribution in [0.3, 0.4) is 0 Å². The van der Waals surface area contributed by atoms with Gasteiger partial charge < -0.3 is 5.11 Å². The van der Waals surface area contributed by atoms with E-state index in [0.29, 0.717) is 5.56 Å². The van der Waals surface area contributed by atoms with Crippen LogP contribution in [0.25, 0.3) is 0 Å². The summed E-state index contributed by atoms with van der Waals surface area (Å²) in [6, 6.07) is 8.68. The lowest BCUT2D eigenvalue weighted by atomic mass is 10.00. The molecule has 2 aromatic carbocycles. The minimum absolute atomic E-state index is 0.0408. The fraction of sp³-hybridized carbons (Fsp3) is 0.200. The zero-order valence-corrected chi connectivity index (χ0v) is 11.9. The third-order valence-corrected chi connectivity index (χ3v) is 3.86. The van der Waals surface area contributed by atoms with Crippen molar-refractivity contribution in [3.63, 3.8) is 0 Å². The van der Waals surface area contributed by atoms with Gasteiger partial charge in [-0.25, -0.2) is 8.78 Å². The molecule has 0 aliphatic heterocycles. The van der Waals surface area contributed by atoms with Crippen molar-refractivity contribution in [2.24, 2.45) is 0 Å². The van der Waals surface area contributed by atoms with Crippen LogP contribution in [0.2, 0.25) is 0 Å². The van der Waals surface area contributed by atoms with E-state index in [1.165, 1.54) is 0 Å². The second-order valence-corrected chi connectivity index (χ2v) is 5.32. The number of aliphatic hydroxyl groups excluding tert-OH is 1. The van der Waals surface area contributed by atoms with Crippen LogP contribution in [0.1, 0.15) is 22.8 Å². The summed E-state index contributed by atoms with van der Waals surface area (Å²) in [4.78, 5) is 0. The highest BCUT2D eigenvalue weighted by molar-refractivity contribution is 9.10. The van der Waals surface area contributed by atoms with Crippen molar-refractivity contribution in [1.29, 1.82) is 0 Å². The first-order chi connectivity index (χ1) is 8.97. The van der Waals surface area contributed by atoms with Crippen molar-refractivity contribution in [3.8, 4) is 0 Å². The molecule has 2 aromatic rings. The molecule has 1 nitrogen and oxygen atoms in total. The van der Waals surface area contributed by atoms with Crippen LogP contribution in [0.15, 0.2) is 40.9 Å². The Balaban J connectivity index is 2.22. The molecule has 0 saturated heterocycles. The van der Waals surface area contributed by atoms with Crippen LogP contribution in [0.4, 0.5) is 8.78 Å². The Hall–Kier alpha value is -1.26. The summed E-state index contributed by atoms with van der Waals surface area (Å²) in [7, 11) is 0. The predicted molar refractivity (Wildman–Crippen MR) is 73.9 cm³/mol. The molecule has 0 aliphatic carbocycles. The molecule has 2 rings (SSSR count). The molecule has 4 heteroatoms. The van der Waals surface area contributed by atoms with E-state index >= 15 is 0 Å². The zero-order chi connectivity index (χ0) is 14.0. The van der Waals surface area contributed by atoms with E-state index in [2.05, 4.69) is 15.9 Å². The number of benzene rings is 2. The largest absolute Gasteiger partial charge is 0.388 e. The first-order valence-electron chi connectivity index (χ1n) is 5.85. The van der Waals surface area contributed by atoms with Crippen LogP contribution in [-0.2, 0) is 6.42 Å². The van der Waals surface area contributed by atoms with E-state index in [9.17, 15) is 13.9 Å². The number of halogens is 3. The number of rotatable bonds is 3. The first-order valence-corrected chi connectivity index (χ1v) is 6.64. The van der Waals surface area contributed by atoms with Crippen LogP contribution in [0, 0.1) is 18.6 Å². The maximum atomic E-state index is 13.5. The standard InChI is InChI=1S/C15H13BrF2O/c1-9-2-3-10(7-13(9)16)15(19)8-11-6-12(17)4-5-14(11)18/h2-7,15,19H,8H2,1H3. The van der Waals surface area contributed by atoms with E-state index in [0.717, 1.165) is 28.2 Å². The summed E-state index contributed by atoms with van der Waals surface area (Å²) < 4.78 is 27.4. The Morgan fingerprint density at radius 3 is 2.58 bits per heavy atom. The number of hydrogen-bond acceptors (Lipinski definition) is 1. The van der Waals surface area contributed by atoms with Gasteiger partial charge in [0.25, 0.3) is 0 Å². The molecule has 0 saturated carbocycles. The average molecular weight is 327 g/mol. The molecule has 1 N–H and O–H groups in total. The molecule has 0 spiro atoms. The van der Waals surface area contributed by atoms with Crippen molar-refractivity contribution in [2.75, 3.05) is 0 Å². The molecule has 100 valence electrons. The Labute approximate surface area is 119 Å². The van der Waals surface area contributed by atoms with E-state index in [1.807, 2.05) is 13.0 Å². The number of hydrogen-bond donors (Lipinski definition) is 1. The minimum Gasteiger partial charge on any atom is -0.388 e. The van der Waals surface area contributed by atoms with Crippen LogP contribution >= 0.6 is 15.9 Å². The second-order valence-electron chi connectivity index (χ2n) is 4.46. The maximum Gasteiger partial charge on any atom is 0.126 e. The highest BCUT2D eigenvalue weighted by atomic mass is 79.9. The van der Waals surface area contributed by atoms with Crippen molar-refractivity contribution >= 4 is 15.9 Å². The van der Waals surface area contributed by atoms with Gasteiger partial charge in [0.2, 0.25) is 0 Å². The highest BCUT2D eigenvalue weighted by Gasteiger charge is 2.13. The lowest BCUT2D eigenvalue weighted by Crippen LogP contribution is -2.04. The van der Waals surface area contributed by atoms with E-state index in [1.54, 1.807) is 12.1 Å². The van der Waals surface area contributed by atoms with Gasteiger partial charge in [-0.05, 0) is 47.9 Å². The van der Waals surface area contributed by atoms with Crippen molar-refractivity contribution in [3.05, 3.63) is 69.2 Å². The smallest absolute Gasteiger partial charge is 0.126 e. The zero-order valence-electron chi connectivity index (χ0n) is 10.3. The fourth-order valence-corrected chi connectivity index (χ4v) is 2.24. The van der Waals surface area contributed by atoms with Crippen LogP contribution < -0.4 is 0 Å². The third-order valence-electron chi connectivity index (χ3n) is 3.00. The minimum atomic E-state index is -0.867. The Kier molecular flexibility index (Phi) is 4.32. The summed E-state index contributed by atoms with van der Waals surface area (Å²) in [6.07, 6.45) is -0.827. The average Bonchev–Trinajstić information content (AvgIpc) is 2.37. The van der Waals surface area contributed by atoms with Crippen molar-refractivity contribution in [1.82, 2.24) is 0 Å². The maximum absolute atomic E-state index is 13.5. The molecule has 0 heterocycles. The molecular formula is C15H13BrF2O. The van der Waals surface area contributed by atoms with Gasteiger partial charge in [0.1, 0.15) is 11.6 Å². The van der Waals surface area contributed by atoms with Gasteiger partial charge in [0.15, 0.2) is 0 Å². The molecule has 0 fully saturated rings. The van der Waals surface area contributed by atoms with Crippen molar-refractivity contribution < 1.29 is 13.9 Å². The van der Waals surface area contributed by atoms with Gasteiger partial charge in [0, 0.05) is 10.9 Å². The van der Waals surface area contributed by atoms with E-state index < -0.39 is 17.7 Å². The summed E-state index contributed by atoms with van der Waals surface area (Å²) >= 11 is 3.38. The van der Waals surface area contributed by atoms with Gasteiger partial charge in [-0.15, -0.1) is 0 Å². The lowest BCUT2D eigenvalue weighted by molar-refractivity contribution is 0.177. The first kappa shape index (κ1) is 14.2. The molecule has 0 aliphatic rings. The topological polar surface area (TPSA) is 20.2 Å². The Morgan fingerprint density at radius 2 is 1.89 bits per heavy atom. The Morgan fingerprint density at radius 1 is 1.16 bits per heavy atom. The van der Waals surface area contributed by atoms with Gasteiger partial charge in [-0.2, -0.15) is 0 Å². The molecule has 0 bridgehead atoms. The monoisotopic (exact) mass is 326 g/mol. The fourth-order valence-electron chi connectivity index (χ4n) is 1.84. The number of aryl methyl sites for hydroxylation is 1. The molecule has 0 amide bonds. The number of aliphatic hydroxyl groups is 1. The van der Waals surface area contributed by atoms with Gasteiger partial charge >= 0.3 is 0 Å². The third kappa shape index (κ3) is 3.39. The molecule has 0 aromatic heterocycles. The lowest BCUT2D eigenvalue weighted by Gasteiger charge is -2.13. The van der Waals surface area contributed by atoms with Crippen molar-refractivity contribution in [2.45, 2.75) is 19.4 Å². The van der Waals surface area contributed by atoms with Gasteiger partial charge in [-0.1, -0.05) is 28.1 Å². The second kappa shape index (κ2) is 5.80. The van der Waals surface area contributed by atoms with E-state index in [4.69, 9.17) is 0 Å². The Bertz CT molecular complexity index is 599. The van der Waals surface area contributed by atoms with Gasteiger partial charge in [-0.3, -0.25) is 0 Å². The molecule has 1 atom stereocenters. The van der Waals surface area contributed by atoms with Gasteiger partial charge in [0.05, 0.1) is 6.10 Å². The summed E-state index contributed by atoms with van der Waals surface area (Å²) in [5.41, 5.74) is 1.89.